The van der Waals surface area contributed by atoms with Crippen LogP contribution in [0.2, 0.25) is 0 Å². The molecule has 1 aromatic carbocycles. The molecule has 0 spiro atoms. The van der Waals surface area contributed by atoms with Crippen LogP contribution in [0.5, 0.6) is 0 Å². The van der Waals surface area contributed by atoms with E-state index in [-0.39, 0.29) is 5.82 Å². The third kappa shape index (κ3) is 5.73. The monoisotopic (exact) mass is 400 g/mol. The lowest BCUT2D eigenvalue weighted by Gasteiger charge is -2.36. The highest BCUT2D eigenvalue weighted by atomic mass is 19.1. The van der Waals surface area contributed by atoms with Crippen molar-refractivity contribution in [1.29, 1.82) is 0 Å². The minimum absolute atomic E-state index is 0.129. The van der Waals surface area contributed by atoms with Crippen molar-refractivity contribution < 1.29 is 4.39 Å². The molecule has 1 fully saturated rings. The van der Waals surface area contributed by atoms with Gasteiger partial charge in [0.2, 0.25) is 0 Å². The number of benzene rings is 1. The number of hydrogen-bond acceptors (Lipinski definition) is 3. The smallest absolute Gasteiger partial charge is 0.193 e. The Bertz CT molecular complexity index is 794. The van der Waals surface area contributed by atoms with Gasteiger partial charge in [-0.25, -0.2) is 4.39 Å². The third-order valence-electron chi connectivity index (χ3n) is 5.52. The molecule has 0 atom stereocenters. The second-order valence-corrected chi connectivity index (χ2v) is 7.57. The van der Waals surface area contributed by atoms with Gasteiger partial charge in [-0.15, -0.1) is 0 Å². The fourth-order valence-electron chi connectivity index (χ4n) is 3.79. The van der Waals surface area contributed by atoms with Crippen molar-refractivity contribution in [2.24, 2.45) is 12.0 Å². The Morgan fingerprint density at radius 2 is 1.90 bits per heavy atom. The number of rotatable bonds is 7. The van der Waals surface area contributed by atoms with Crippen molar-refractivity contribution in [2.75, 3.05) is 58.3 Å². The number of nitrogens with one attached hydrogen (secondary N) is 1. The van der Waals surface area contributed by atoms with E-state index < -0.39 is 0 Å². The van der Waals surface area contributed by atoms with Crippen LogP contribution in [0.15, 0.2) is 47.6 Å². The summed E-state index contributed by atoms with van der Waals surface area (Å²) in [7, 11) is 5.95. The zero-order valence-corrected chi connectivity index (χ0v) is 17.8. The summed E-state index contributed by atoms with van der Waals surface area (Å²) >= 11 is 0. The molecule has 0 bridgehead atoms. The summed E-state index contributed by atoms with van der Waals surface area (Å²) in [5.41, 5.74) is 1.97. The van der Waals surface area contributed by atoms with E-state index in [1.165, 1.54) is 11.8 Å². The molecule has 6 nitrogen and oxygen atoms in total. The highest BCUT2D eigenvalue weighted by molar-refractivity contribution is 5.79. The number of guanidine groups is 1. The van der Waals surface area contributed by atoms with Gasteiger partial charge in [-0.2, -0.15) is 0 Å². The minimum atomic E-state index is -0.129. The van der Waals surface area contributed by atoms with Gasteiger partial charge in [0.15, 0.2) is 5.96 Å². The minimum Gasteiger partial charge on any atom is -0.367 e. The van der Waals surface area contributed by atoms with Crippen LogP contribution in [-0.2, 0) is 13.6 Å². The molecule has 0 amide bonds. The number of para-hydroxylation sites is 1. The number of aliphatic imine (C=N–C) groups is 1. The number of aromatic nitrogens is 1. The maximum absolute atomic E-state index is 14.0. The Morgan fingerprint density at radius 1 is 1.14 bits per heavy atom. The lowest BCUT2D eigenvalue weighted by molar-refractivity contribution is 0.254. The van der Waals surface area contributed by atoms with Gasteiger partial charge in [0, 0.05) is 65.8 Å². The normalized spacial score (nSPS) is 15.6. The standard InChI is InChI=1S/C22H33FN6/c1-24-22(27(3)18-19-8-6-12-26(19)2)25-11-7-13-28-14-16-29(17-15-28)21-10-5-4-9-20(21)23/h4-6,8-10,12H,7,11,13-18H2,1-3H3,(H,24,25). The first-order chi connectivity index (χ1) is 14.1. The number of halogens is 1. The van der Waals surface area contributed by atoms with Gasteiger partial charge in [-0.05, 0) is 37.2 Å². The Morgan fingerprint density at radius 3 is 2.55 bits per heavy atom. The van der Waals surface area contributed by atoms with Crippen LogP contribution in [0, 0.1) is 5.82 Å². The molecule has 1 aliphatic heterocycles. The summed E-state index contributed by atoms with van der Waals surface area (Å²) in [6.45, 7) is 6.42. The highest BCUT2D eigenvalue weighted by Crippen LogP contribution is 2.20. The van der Waals surface area contributed by atoms with Gasteiger partial charge in [0.1, 0.15) is 5.82 Å². The van der Waals surface area contributed by atoms with E-state index in [0.717, 1.165) is 63.9 Å². The van der Waals surface area contributed by atoms with Crippen molar-refractivity contribution in [1.82, 2.24) is 19.7 Å². The first-order valence-electron chi connectivity index (χ1n) is 10.3. The predicted octanol–water partition coefficient (Wildman–Crippen LogP) is 2.38. The van der Waals surface area contributed by atoms with Crippen LogP contribution in [-0.4, -0.2) is 73.7 Å². The van der Waals surface area contributed by atoms with Crippen molar-refractivity contribution >= 4 is 11.6 Å². The van der Waals surface area contributed by atoms with Crippen LogP contribution in [0.25, 0.3) is 0 Å². The predicted molar refractivity (Wildman–Crippen MR) is 118 cm³/mol. The summed E-state index contributed by atoms with van der Waals surface area (Å²) in [5.74, 6) is 0.784. The topological polar surface area (TPSA) is 39.0 Å². The highest BCUT2D eigenvalue weighted by Gasteiger charge is 2.18. The quantitative estimate of drug-likeness (QED) is 0.440. The number of anilines is 1. The van der Waals surface area contributed by atoms with Gasteiger partial charge in [0.05, 0.1) is 12.2 Å². The van der Waals surface area contributed by atoms with Crippen LogP contribution in [0.3, 0.4) is 0 Å². The van der Waals surface area contributed by atoms with Crippen molar-refractivity contribution in [3.8, 4) is 0 Å². The Hall–Kier alpha value is -2.54. The second kappa shape index (κ2) is 10.3. The second-order valence-electron chi connectivity index (χ2n) is 7.57. The maximum Gasteiger partial charge on any atom is 0.193 e. The molecule has 7 heteroatoms. The third-order valence-corrected chi connectivity index (χ3v) is 5.52. The fourth-order valence-corrected chi connectivity index (χ4v) is 3.79. The number of hydrogen-bond donors (Lipinski definition) is 1. The summed E-state index contributed by atoms with van der Waals surface area (Å²) in [6.07, 6.45) is 3.11. The van der Waals surface area contributed by atoms with E-state index in [2.05, 4.69) is 62.0 Å². The Balaban J connectivity index is 1.36. The Kier molecular flexibility index (Phi) is 7.52. The first kappa shape index (κ1) is 21.2. The van der Waals surface area contributed by atoms with Crippen molar-refractivity contribution in [3.05, 3.63) is 54.1 Å². The van der Waals surface area contributed by atoms with Crippen LogP contribution in [0.1, 0.15) is 12.1 Å². The van der Waals surface area contributed by atoms with E-state index in [1.54, 1.807) is 6.07 Å². The van der Waals surface area contributed by atoms with E-state index in [4.69, 9.17) is 0 Å². The number of piperazine rings is 1. The fraction of sp³-hybridized carbons (Fsp3) is 0.500. The lowest BCUT2D eigenvalue weighted by Crippen LogP contribution is -2.47. The maximum atomic E-state index is 14.0. The number of nitrogens with zero attached hydrogens (tertiary/aromatic N) is 5. The van der Waals surface area contributed by atoms with Gasteiger partial charge in [-0.1, -0.05) is 12.1 Å². The van der Waals surface area contributed by atoms with E-state index >= 15 is 0 Å². The van der Waals surface area contributed by atoms with Gasteiger partial charge >= 0.3 is 0 Å². The molecule has 1 saturated heterocycles. The molecular weight excluding hydrogens is 367 g/mol. The van der Waals surface area contributed by atoms with Gasteiger partial charge in [0.25, 0.3) is 0 Å². The molecule has 0 aliphatic carbocycles. The summed E-state index contributed by atoms with van der Waals surface area (Å²) in [5, 5.41) is 3.46. The number of aryl methyl sites for hydroxylation is 1. The van der Waals surface area contributed by atoms with Crippen molar-refractivity contribution in [2.45, 2.75) is 13.0 Å². The molecule has 0 unspecified atom stereocenters. The van der Waals surface area contributed by atoms with Gasteiger partial charge in [-0.3, -0.25) is 9.89 Å². The molecule has 158 valence electrons. The molecule has 1 N–H and O–H groups in total. The van der Waals surface area contributed by atoms with Crippen LogP contribution < -0.4 is 10.2 Å². The molecule has 1 aromatic heterocycles. The largest absolute Gasteiger partial charge is 0.367 e. The Labute approximate surface area is 173 Å². The summed E-state index contributed by atoms with van der Waals surface area (Å²) in [4.78, 5) is 11.1. The van der Waals surface area contributed by atoms with E-state index in [1.807, 2.05) is 19.2 Å². The van der Waals surface area contributed by atoms with Crippen LogP contribution in [0.4, 0.5) is 10.1 Å². The van der Waals surface area contributed by atoms with E-state index in [9.17, 15) is 4.39 Å². The molecule has 2 heterocycles. The zero-order chi connectivity index (χ0) is 20.6. The van der Waals surface area contributed by atoms with E-state index in [0.29, 0.717) is 0 Å². The van der Waals surface area contributed by atoms with Gasteiger partial charge < -0.3 is 19.7 Å². The molecule has 29 heavy (non-hydrogen) atoms. The molecule has 1 aliphatic rings. The summed E-state index contributed by atoms with van der Waals surface area (Å²) in [6, 6.07) is 11.2. The average Bonchev–Trinajstić information content (AvgIpc) is 3.13. The molecular formula is C22H33FN6. The molecule has 2 aromatic rings. The lowest BCUT2D eigenvalue weighted by atomic mass is 10.2. The molecule has 0 radical (unpaired) electrons. The van der Waals surface area contributed by atoms with Crippen LogP contribution >= 0.6 is 0 Å². The summed E-state index contributed by atoms with van der Waals surface area (Å²) < 4.78 is 16.1. The average molecular weight is 401 g/mol. The van der Waals surface area contributed by atoms with Crippen molar-refractivity contribution in [3.63, 3.8) is 0 Å². The molecule has 3 rings (SSSR count). The SMILES string of the molecule is CN=C(NCCCN1CCN(c2ccccc2F)CC1)N(C)Cc1cccn1C. The first-order valence-corrected chi connectivity index (χ1v) is 10.3. The molecule has 0 saturated carbocycles. The zero-order valence-electron chi connectivity index (χ0n) is 17.8.